The van der Waals surface area contributed by atoms with Gasteiger partial charge in [0.25, 0.3) is 0 Å². The molecule has 0 saturated heterocycles. The molecular formula is C19H24N4O3. The molecule has 1 aromatic heterocycles. The molecule has 0 spiro atoms. The number of carboxylic acids is 1. The SMILES string of the molecule is Cc1nnc2n1CC(C(=O)O)N(C(=O)Cc1ccc(CC(C)C)cc1)C2. The first kappa shape index (κ1) is 18.1. The number of fused-ring (bicyclic) bond motifs is 1. The number of rotatable bonds is 5. The van der Waals surface area contributed by atoms with Gasteiger partial charge < -0.3 is 14.6 Å². The van der Waals surface area contributed by atoms with E-state index in [0.717, 1.165) is 12.0 Å². The number of aromatic nitrogens is 3. The molecule has 0 saturated carbocycles. The van der Waals surface area contributed by atoms with Crippen molar-refractivity contribution in [3.63, 3.8) is 0 Å². The molecular weight excluding hydrogens is 332 g/mol. The summed E-state index contributed by atoms with van der Waals surface area (Å²) in [7, 11) is 0. The summed E-state index contributed by atoms with van der Waals surface area (Å²) >= 11 is 0. The normalized spacial score (nSPS) is 16.6. The van der Waals surface area contributed by atoms with Crippen molar-refractivity contribution in [1.29, 1.82) is 0 Å². The van der Waals surface area contributed by atoms with Gasteiger partial charge in [-0.15, -0.1) is 10.2 Å². The molecule has 1 N–H and O–H groups in total. The van der Waals surface area contributed by atoms with Gasteiger partial charge in [0.05, 0.1) is 19.5 Å². The molecule has 138 valence electrons. The summed E-state index contributed by atoms with van der Waals surface area (Å²) in [5.74, 6) is 0.651. The maximum absolute atomic E-state index is 12.8. The van der Waals surface area contributed by atoms with E-state index in [2.05, 4.69) is 24.0 Å². The second-order valence-electron chi connectivity index (χ2n) is 7.24. The minimum absolute atomic E-state index is 0.169. The molecule has 7 nitrogen and oxygen atoms in total. The van der Waals surface area contributed by atoms with Gasteiger partial charge in [0.1, 0.15) is 11.9 Å². The van der Waals surface area contributed by atoms with Crippen LogP contribution in [0.15, 0.2) is 24.3 Å². The predicted octanol–water partition coefficient (Wildman–Crippen LogP) is 1.82. The molecule has 0 radical (unpaired) electrons. The van der Waals surface area contributed by atoms with Gasteiger partial charge in [-0.05, 0) is 30.4 Å². The Bertz CT molecular complexity index is 811. The van der Waals surface area contributed by atoms with Crippen LogP contribution in [0.1, 0.15) is 36.6 Å². The third-order valence-electron chi connectivity index (χ3n) is 4.68. The highest BCUT2D eigenvalue weighted by Gasteiger charge is 2.36. The van der Waals surface area contributed by atoms with Gasteiger partial charge in [-0.2, -0.15) is 0 Å². The van der Waals surface area contributed by atoms with Crippen LogP contribution >= 0.6 is 0 Å². The van der Waals surface area contributed by atoms with Crippen LogP contribution in [-0.4, -0.2) is 42.7 Å². The van der Waals surface area contributed by atoms with Crippen molar-refractivity contribution >= 4 is 11.9 Å². The van der Waals surface area contributed by atoms with E-state index in [-0.39, 0.29) is 25.4 Å². The number of carbonyl (C=O) groups is 2. The Balaban J connectivity index is 1.74. The van der Waals surface area contributed by atoms with Gasteiger partial charge in [-0.1, -0.05) is 38.1 Å². The number of carboxylic acid groups (broad SMARTS) is 1. The average molecular weight is 356 g/mol. The average Bonchev–Trinajstić information content (AvgIpc) is 2.95. The summed E-state index contributed by atoms with van der Waals surface area (Å²) in [5.41, 5.74) is 2.12. The summed E-state index contributed by atoms with van der Waals surface area (Å²) in [6.45, 7) is 6.47. The fourth-order valence-corrected chi connectivity index (χ4v) is 3.33. The number of benzene rings is 1. The van der Waals surface area contributed by atoms with Crippen molar-refractivity contribution in [2.75, 3.05) is 0 Å². The van der Waals surface area contributed by atoms with Crippen molar-refractivity contribution < 1.29 is 14.7 Å². The first-order valence-electron chi connectivity index (χ1n) is 8.84. The Labute approximate surface area is 152 Å². The molecule has 26 heavy (non-hydrogen) atoms. The molecule has 1 atom stereocenters. The highest BCUT2D eigenvalue weighted by Crippen LogP contribution is 2.20. The monoisotopic (exact) mass is 356 g/mol. The molecule has 7 heteroatoms. The number of aryl methyl sites for hydroxylation is 1. The van der Waals surface area contributed by atoms with Crippen molar-refractivity contribution in [2.24, 2.45) is 5.92 Å². The van der Waals surface area contributed by atoms with E-state index < -0.39 is 12.0 Å². The lowest BCUT2D eigenvalue weighted by atomic mass is 10.0. The van der Waals surface area contributed by atoms with Gasteiger partial charge >= 0.3 is 5.97 Å². The van der Waals surface area contributed by atoms with Crippen molar-refractivity contribution in [2.45, 2.75) is 52.7 Å². The van der Waals surface area contributed by atoms with E-state index in [9.17, 15) is 14.7 Å². The number of carbonyl (C=O) groups excluding carboxylic acids is 1. The third-order valence-corrected chi connectivity index (χ3v) is 4.68. The molecule has 1 aliphatic rings. The largest absolute Gasteiger partial charge is 0.480 e. The topological polar surface area (TPSA) is 88.3 Å². The molecule has 2 heterocycles. The van der Waals surface area contributed by atoms with Crippen LogP contribution in [0.4, 0.5) is 0 Å². The summed E-state index contributed by atoms with van der Waals surface area (Å²) in [5, 5.41) is 17.6. The molecule has 1 aliphatic heterocycles. The van der Waals surface area contributed by atoms with Crippen LogP contribution < -0.4 is 0 Å². The Hall–Kier alpha value is -2.70. The van der Waals surface area contributed by atoms with Crippen LogP contribution in [0.2, 0.25) is 0 Å². The maximum atomic E-state index is 12.8. The van der Waals surface area contributed by atoms with E-state index >= 15 is 0 Å². The lowest BCUT2D eigenvalue weighted by Gasteiger charge is -2.33. The summed E-state index contributed by atoms with van der Waals surface area (Å²) in [6, 6.07) is 7.07. The summed E-state index contributed by atoms with van der Waals surface area (Å²) in [6.07, 6.45) is 1.18. The molecule has 1 aromatic carbocycles. The lowest BCUT2D eigenvalue weighted by molar-refractivity contribution is -0.152. The van der Waals surface area contributed by atoms with Crippen LogP contribution in [0.3, 0.4) is 0 Å². The van der Waals surface area contributed by atoms with E-state index in [1.54, 1.807) is 11.5 Å². The van der Waals surface area contributed by atoms with E-state index in [1.807, 2.05) is 24.3 Å². The highest BCUT2D eigenvalue weighted by atomic mass is 16.4. The van der Waals surface area contributed by atoms with Crippen molar-refractivity contribution in [3.05, 3.63) is 47.0 Å². The zero-order chi connectivity index (χ0) is 18.8. The molecule has 0 bridgehead atoms. The van der Waals surface area contributed by atoms with Crippen molar-refractivity contribution in [3.8, 4) is 0 Å². The van der Waals surface area contributed by atoms with Gasteiger partial charge in [-0.25, -0.2) is 4.79 Å². The molecule has 2 aromatic rings. The quantitative estimate of drug-likeness (QED) is 0.883. The summed E-state index contributed by atoms with van der Waals surface area (Å²) < 4.78 is 1.77. The molecule has 0 aliphatic carbocycles. The standard InChI is InChI=1S/C19H24N4O3/c1-12(2)8-14-4-6-15(7-5-14)9-18(24)23-11-17-21-20-13(3)22(17)10-16(23)19(25)26/h4-7,12,16H,8-11H2,1-3H3,(H,25,26). The predicted molar refractivity (Wildman–Crippen MR) is 95.4 cm³/mol. The number of amides is 1. The molecule has 3 rings (SSSR count). The zero-order valence-corrected chi connectivity index (χ0v) is 15.3. The number of nitrogens with zero attached hydrogens (tertiary/aromatic N) is 4. The first-order chi connectivity index (χ1) is 12.3. The number of hydrogen-bond acceptors (Lipinski definition) is 4. The van der Waals surface area contributed by atoms with Crippen LogP contribution in [-0.2, 0) is 35.5 Å². The number of aliphatic carboxylic acids is 1. The fourth-order valence-electron chi connectivity index (χ4n) is 3.33. The summed E-state index contributed by atoms with van der Waals surface area (Å²) in [4.78, 5) is 25.8. The Morgan fingerprint density at radius 2 is 1.85 bits per heavy atom. The lowest BCUT2D eigenvalue weighted by Crippen LogP contribution is -2.51. The van der Waals surface area contributed by atoms with Crippen LogP contribution in [0.25, 0.3) is 0 Å². The van der Waals surface area contributed by atoms with Crippen molar-refractivity contribution in [1.82, 2.24) is 19.7 Å². The minimum Gasteiger partial charge on any atom is -0.480 e. The molecule has 1 amide bonds. The second-order valence-corrected chi connectivity index (χ2v) is 7.24. The van der Waals surface area contributed by atoms with Gasteiger partial charge in [0.15, 0.2) is 5.82 Å². The Morgan fingerprint density at radius 1 is 1.19 bits per heavy atom. The zero-order valence-electron chi connectivity index (χ0n) is 15.3. The van der Waals surface area contributed by atoms with Gasteiger partial charge in [-0.3, -0.25) is 4.79 Å². The minimum atomic E-state index is -1.01. The first-order valence-corrected chi connectivity index (χ1v) is 8.84. The van der Waals surface area contributed by atoms with E-state index in [1.165, 1.54) is 10.5 Å². The van der Waals surface area contributed by atoms with E-state index in [4.69, 9.17) is 0 Å². The second kappa shape index (κ2) is 7.27. The van der Waals surface area contributed by atoms with Gasteiger partial charge in [0.2, 0.25) is 5.91 Å². The highest BCUT2D eigenvalue weighted by molar-refractivity contribution is 5.85. The molecule has 0 fully saturated rings. The van der Waals surface area contributed by atoms with Crippen LogP contribution in [0.5, 0.6) is 0 Å². The number of hydrogen-bond donors (Lipinski definition) is 1. The van der Waals surface area contributed by atoms with E-state index in [0.29, 0.717) is 17.6 Å². The van der Waals surface area contributed by atoms with Crippen LogP contribution in [0, 0.1) is 12.8 Å². The van der Waals surface area contributed by atoms with Gasteiger partial charge in [0, 0.05) is 0 Å². The smallest absolute Gasteiger partial charge is 0.328 e. The maximum Gasteiger partial charge on any atom is 0.328 e. The third kappa shape index (κ3) is 3.76. The Kier molecular flexibility index (Phi) is 5.06. The molecule has 1 unspecified atom stereocenters. The Morgan fingerprint density at radius 3 is 2.46 bits per heavy atom. The fraction of sp³-hybridized carbons (Fsp3) is 0.474.